The highest BCUT2D eigenvalue weighted by molar-refractivity contribution is 6.30. The van der Waals surface area contributed by atoms with E-state index in [-0.39, 0.29) is 45.8 Å². The Bertz CT molecular complexity index is 1450. The van der Waals surface area contributed by atoms with Gasteiger partial charge in [-0.2, -0.15) is 5.26 Å². The number of hydrogen-bond donors (Lipinski definition) is 2. The second kappa shape index (κ2) is 15.6. The zero-order valence-electron chi connectivity index (χ0n) is 24.7. The predicted molar refractivity (Wildman–Crippen MR) is 164 cm³/mol. The molecule has 2 N–H and O–H groups in total. The fourth-order valence-corrected chi connectivity index (χ4v) is 4.28. The summed E-state index contributed by atoms with van der Waals surface area (Å²) in [7, 11) is 1.37. The number of amides is 2. The number of nitriles is 1. The lowest BCUT2D eigenvalue weighted by molar-refractivity contribution is 0.0693. The molecule has 1 heterocycles. The first-order chi connectivity index (χ1) is 20.1. The summed E-state index contributed by atoms with van der Waals surface area (Å²) in [6, 6.07) is 16.6. The minimum atomic E-state index is -1.14. The highest BCUT2D eigenvalue weighted by atomic mass is 35.5. The summed E-state index contributed by atoms with van der Waals surface area (Å²) in [5.74, 6) is -1.86. The van der Waals surface area contributed by atoms with Gasteiger partial charge in [0.15, 0.2) is 0 Å². The number of rotatable bonds is 5. The Hall–Kier alpha value is -3.87. The van der Waals surface area contributed by atoms with Crippen LogP contribution in [0.5, 0.6) is 5.75 Å². The van der Waals surface area contributed by atoms with E-state index >= 15 is 0 Å². The van der Waals surface area contributed by atoms with Crippen molar-refractivity contribution in [2.45, 2.75) is 46.1 Å². The van der Waals surface area contributed by atoms with E-state index in [0.29, 0.717) is 23.9 Å². The van der Waals surface area contributed by atoms with Crippen molar-refractivity contribution in [2.24, 2.45) is 5.41 Å². The Labute approximate surface area is 261 Å². The molecule has 4 rings (SSSR count). The van der Waals surface area contributed by atoms with Crippen LogP contribution >= 0.6 is 23.2 Å². The highest BCUT2D eigenvalue weighted by Gasteiger charge is 2.43. The van der Waals surface area contributed by atoms with Crippen molar-refractivity contribution in [3.05, 3.63) is 99.0 Å². The molecule has 11 heteroatoms. The van der Waals surface area contributed by atoms with Crippen molar-refractivity contribution in [1.29, 1.82) is 5.26 Å². The van der Waals surface area contributed by atoms with E-state index in [4.69, 9.17) is 33.0 Å². The first-order valence-electron chi connectivity index (χ1n) is 13.3. The van der Waals surface area contributed by atoms with Crippen LogP contribution in [0.2, 0.25) is 10.0 Å². The first kappa shape index (κ1) is 35.3. The predicted octanol–water partition coefficient (Wildman–Crippen LogP) is 8.09. The Morgan fingerprint density at radius 1 is 1.07 bits per heavy atom. The smallest absolute Gasteiger partial charge is 0.339 e. The maximum absolute atomic E-state index is 14.4. The number of nitrogens with one attached hydrogen (secondary N) is 1. The standard InChI is InChI=1S/C21H19ClFN3O4.C6H4ClF.C5H12/c1-30-18-8-13(2-4-15(18)19(27)28)10-25-20(29)26-7-6-21(11-24,12-26)16-5-3-14(22)9-17(16)23;7-5-3-1-2-4-6(5)8;1-5(2,3)4/h2-5,8-9H,6-7,10,12H2,1H3,(H,25,29)(H,27,28);1-4H;1-4H3. The number of urea groups is 1. The van der Waals surface area contributed by atoms with Gasteiger partial charge in [0.25, 0.3) is 0 Å². The molecule has 3 aromatic rings. The van der Waals surface area contributed by atoms with Gasteiger partial charge >= 0.3 is 12.0 Å². The van der Waals surface area contributed by atoms with Crippen molar-refractivity contribution in [3.8, 4) is 11.8 Å². The van der Waals surface area contributed by atoms with E-state index in [0.717, 1.165) is 6.07 Å². The van der Waals surface area contributed by atoms with Gasteiger partial charge in [0.2, 0.25) is 0 Å². The summed E-state index contributed by atoms with van der Waals surface area (Å²) >= 11 is 11.1. The molecule has 43 heavy (non-hydrogen) atoms. The van der Waals surface area contributed by atoms with Crippen LogP contribution < -0.4 is 10.1 Å². The normalized spacial score (nSPS) is 15.7. The zero-order valence-corrected chi connectivity index (χ0v) is 26.2. The van der Waals surface area contributed by atoms with Crippen LogP contribution in [0, 0.1) is 28.4 Å². The molecule has 1 atom stereocenters. The van der Waals surface area contributed by atoms with Crippen LogP contribution in [0.3, 0.4) is 0 Å². The third-order valence-electron chi connectivity index (χ3n) is 5.98. The fraction of sp³-hybridized carbons (Fsp3) is 0.344. The van der Waals surface area contributed by atoms with Gasteiger partial charge in [-0.15, -0.1) is 0 Å². The van der Waals surface area contributed by atoms with Gasteiger partial charge in [0.05, 0.1) is 18.2 Å². The van der Waals surface area contributed by atoms with Crippen LogP contribution in [0.15, 0.2) is 60.7 Å². The van der Waals surface area contributed by atoms with Gasteiger partial charge < -0.3 is 20.1 Å². The Balaban J connectivity index is 0.000000410. The number of methoxy groups -OCH3 is 1. The molecule has 0 radical (unpaired) electrons. The summed E-state index contributed by atoms with van der Waals surface area (Å²) in [5, 5.41) is 22.0. The van der Waals surface area contributed by atoms with Crippen LogP contribution in [0.4, 0.5) is 13.6 Å². The molecule has 1 unspecified atom stereocenters. The number of likely N-dealkylation sites (tertiary alicyclic amines) is 1. The maximum Gasteiger partial charge on any atom is 0.339 e. The number of benzene rings is 3. The number of halogens is 4. The molecular weight excluding hydrogens is 599 g/mol. The number of carboxylic acids is 1. The Morgan fingerprint density at radius 3 is 2.23 bits per heavy atom. The Morgan fingerprint density at radius 2 is 1.72 bits per heavy atom. The molecule has 3 aromatic carbocycles. The van der Waals surface area contributed by atoms with Crippen molar-refractivity contribution in [3.63, 3.8) is 0 Å². The molecule has 230 valence electrons. The number of carboxylic acid groups (broad SMARTS) is 1. The molecule has 7 nitrogen and oxygen atoms in total. The van der Waals surface area contributed by atoms with Crippen molar-refractivity contribution < 1.29 is 28.2 Å². The van der Waals surface area contributed by atoms with Crippen molar-refractivity contribution >= 4 is 35.2 Å². The second-order valence-electron chi connectivity index (χ2n) is 11.4. The molecule has 1 aliphatic heterocycles. The molecule has 0 aliphatic carbocycles. The van der Waals surface area contributed by atoms with Crippen molar-refractivity contribution in [1.82, 2.24) is 10.2 Å². The number of aromatic carboxylic acids is 1. The Kier molecular flexibility index (Phi) is 12.8. The summed E-state index contributed by atoms with van der Waals surface area (Å²) in [6.07, 6.45) is 0.302. The fourth-order valence-electron chi connectivity index (χ4n) is 3.98. The molecule has 2 amide bonds. The van der Waals surface area contributed by atoms with Gasteiger partial charge in [0, 0.05) is 30.2 Å². The van der Waals surface area contributed by atoms with Crippen LogP contribution in [-0.2, 0) is 12.0 Å². The maximum atomic E-state index is 14.4. The quantitative estimate of drug-likeness (QED) is 0.295. The molecule has 0 spiro atoms. The van der Waals surface area contributed by atoms with E-state index in [1.54, 1.807) is 18.2 Å². The van der Waals surface area contributed by atoms with Gasteiger partial charge in [-0.05, 0) is 53.8 Å². The molecule has 1 saturated heterocycles. The van der Waals surface area contributed by atoms with E-state index < -0.39 is 23.2 Å². The summed E-state index contributed by atoms with van der Waals surface area (Å²) < 4.78 is 31.7. The summed E-state index contributed by atoms with van der Waals surface area (Å²) in [4.78, 5) is 25.2. The molecule has 1 fully saturated rings. The highest BCUT2D eigenvalue weighted by Crippen LogP contribution is 2.36. The molecule has 1 aliphatic rings. The van der Waals surface area contributed by atoms with Gasteiger partial charge in [-0.1, -0.05) is 75.2 Å². The third kappa shape index (κ3) is 10.7. The number of carbonyl (C=O) groups is 2. The lowest BCUT2D eigenvalue weighted by Crippen LogP contribution is -2.40. The monoisotopic (exact) mass is 633 g/mol. The average Bonchev–Trinajstić information content (AvgIpc) is 3.38. The second-order valence-corrected chi connectivity index (χ2v) is 12.2. The van der Waals surface area contributed by atoms with E-state index in [1.807, 2.05) is 0 Å². The number of nitrogens with zero attached hydrogens (tertiary/aromatic N) is 2. The van der Waals surface area contributed by atoms with E-state index in [9.17, 15) is 23.6 Å². The van der Waals surface area contributed by atoms with Gasteiger partial charge in [-0.3, -0.25) is 0 Å². The number of ether oxygens (including phenoxy) is 1. The number of carbonyl (C=O) groups excluding carboxylic acids is 1. The minimum absolute atomic E-state index is 0.0240. The lowest BCUT2D eigenvalue weighted by atomic mass is 9.81. The summed E-state index contributed by atoms with van der Waals surface area (Å²) in [6.45, 7) is 9.23. The SMILES string of the molecule is CC(C)(C)C.COc1cc(CNC(=O)N2CCC(C#N)(c3ccc(Cl)cc3F)C2)ccc1C(=O)O.Fc1ccccc1Cl. The molecule has 0 aromatic heterocycles. The van der Waals surface area contributed by atoms with Crippen LogP contribution in [0.25, 0.3) is 0 Å². The van der Waals surface area contributed by atoms with Crippen LogP contribution in [0.1, 0.15) is 55.6 Å². The average molecular weight is 635 g/mol. The van der Waals surface area contributed by atoms with Gasteiger partial charge in [-0.25, -0.2) is 18.4 Å². The molecule has 0 saturated carbocycles. The van der Waals surface area contributed by atoms with Crippen molar-refractivity contribution in [2.75, 3.05) is 20.2 Å². The third-order valence-corrected chi connectivity index (χ3v) is 6.52. The van der Waals surface area contributed by atoms with Gasteiger partial charge in [0.1, 0.15) is 28.4 Å². The molecule has 0 bridgehead atoms. The van der Waals surface area contributed by atoms with E-state index in [1.165, 1.54) is 48.4 Å². The minimum Gasteiger partial charge on any atom is -0.496 e. The topological polar surface area (TPSA) is 103 Å². The largest absolute Gasteiger partial charge is 0.496 e. The zero-order chi connectivity index (χ0) is 32.4. The number of hydrogen-bond acceptors (Lipinski definition) is 4. The van der Waals surface area contributed by atoms with Crippen LogP contribution in [-0.4, -0.2) is 42.2 Å². The lowest BCUT2D eigenvalue weighted by Gasteiger charge is -2.23. The first-order valence-corrected chi connectivity index (χ1v) is 14.1. The van der Waals surface area contributed by atoms with E-state index in [2.05, 4.69) is 39.1 Å². The summed E-state index contributed by atoms with van der Waals surface area (Å²) in [5.41, 5.74) is 0.257. The molecular formula is C32H35Cl2F2N3O4.